The number of unbranched alkanes of at least 4 members (excludes halogenated alkanes) is 8. The maximum absolute atomic E-state index is 5.87. The van der Waals surface area contributed by atoms with Crippen molar-refractivity contribution in [3.63, 3.8) is 0 Å². The van der Waals surface area contributed by atoms with Gasteiger partial charge in [0.2, 0.25) is 0 Å². The van der Waals surface area contributed by atoms with Crippen LogP contribution in [0.5, 0.6) is 0 Å². The van der Waals surface area contributed by atoms with Gasteiger partial charge in [0.05, 0.1) is 0 Å². The van der Waals surface area contributed by atoms with Crippen LogP contribution in [-0.2, 0) is 13.9 Å². The molecule has 0 saturated carbocycles. The fraction of sp³-hybridized carbons (Fsp3) is 1.00. The molecule has 0 aliphatic heterocycles. The van der Waals surface area contributed by atoms with E-state index in [1.807, 2.05) is 0 Å². The summed E-state index contributed by atoms with van der Waals surface area (Å²) >= 11 is 0. The van der Waals surface area contributed by atoms with Crippen molar-refractivity contribution in [3.8, 4) is 0 Å². The van der Waals surface area contributed by atoms with Gasteiger partial charge in [-0.15, -0.1) is 0 Å². The van der Waals surface area contributed by atoms with Gasteiger partial charge >= 0.3 is 0 Å². The van der Waals surface area contributed by atoms with Crippen LogP contribution >= 0.6 is 0 Å². The number of methoxy groups -OCH3 is 1. The largest absolute Gasteiger partial charge is 0.418 e. The van der Waals surface area contributed by atoms with Gasteiger partial charge in [-0.05, 0) is 38.9 Å². The van der Waals surface area contributed by atoms with E-state index in [-0.39, 0.29) is 0 Å². The number of ether oxygens (including phenoxy) is 2. The van der Waals surface area contributed by atoms with Crippen LogP contribution in [-0.4, -0.2) is 41.9 Å². The van der Waals surface area contributed by atoms with Crippen molar-refractivity contribution in [1.29, 1.82) is 0 Å². The first-order valence-electron chi connectivity index (χ1n) is 9.83. The molecule has 0 spiro atoms. The maximum atomic E-state index is 5.87. The predicted octanol–water partition coefficient (Wildman–Crippen LogP) is 5.79. The van der Waals surface area contributed by atoms with E-state index in [0.29, 0.717) is 0 Å². The van der Waals surface area contributed by atoms with Gasteiger partial charge < -0.3 is 13.9 Å². The van der Waals surface area contributed by atoms with E-state index in [0.717, 1.165) is 32.8 Å². The molecule has 0 heterocycles. The lowest BCUT2D eigenvalue weighted by Gasteiger charge is -2.21. The summed E-state index contributed by atoms with van der Waals surface area (Å²) in [7, 11) is 0.412. The highest BCUT2D eigenvalue weighted by Crippen LogP contribution is 2.17. The van der Waals surface area contributed by atoms with Crippen LogP contribution in [0.15, 0.2) is 0 Å². The summed E-state index contributed by atoms with van der Waals surface area (Å²) < 4.78 is 16.4. The molecule has 140 valence electrons. The standard InChI is InChI=1S/C19H42O3Si/c1-5-22-23(3,4)19-14-12-10-8-6-7-9-11-13-17-21-18-15-16-20-2/h5-19H2,1-4H3. The lowest BCUT2D eigenvalue weighted by Crippen LogP contribution is -2.29. The van der Waals surface area contributed by atoms with Crippen LogP contribution < -0.4 is 0 Å². The highest BCUT2D eigenvalue weighted by Gasteiger charge is 2.20. The zero-order chi connectivity index (χ0) is 17.2. The molecular weight excluding hydrogens is 304 g/mol. The first-order valence-corrected chi connectivity index (χ1v) is 12.9. The second-order valence-corrected chi connectivity index (χ2v) is 11.4. The third-order valence-corrected chi connectivity index (χ3v) is 6.87. The second-order valence-electron chi connectivity index (χ2n) is 7.08. The molecule has 4 heteroatoms. The summed E-state index contributed by atoms with van der Waals surface area (Å²) in [5.41, 5.74) is 0. The van der Waals surface area contributed by atoms with E-state index in [1.54, 1.807) is 7.11 Å². The molecule has 0 aromatic heterocycles. The van der Waals surface area contributed by atoms with Gasteiger partial charge in [-0.25, -0.2) is 0 Å². The monoisotopic (exact) mass is 346 g/mol. The molecule has 0 unspecified atom stereocenters. The maximum Gasteiger partial charge on any atom is 0.186 e. The van der Waals surface area contributed by atoms with Crippen molar-refractivity contribution in [1.82, 2.24) is 0 Å². The zero-order valence-electron chi connectivity index (χ0n) is 16.3. The Labute approximate surface area is 146 Å². The van der Waals surface area contributed by atoms with Crippen molar-refractivity contribution in [2.45, 2.75) is 90.3 Å². The second kappa shape index (κ2) is 16.9. The topological polar surface area (TPSA) is 27.7 Å². The van der Waals surface area contributed by atoms with Gasteiger partial charge in [0.25, 0.3) is 0 Å². The number of hydrogen-bond donors (Lipinski definition) is 0. The quantitative estimate of drug-likeness (QED) is 0.232. The normalized spacial score (nSPS) is 12.0. The van der Waals surface area contributed by atoms with E-state index in [9.17, 15) is 0 Å². The average Bonchev–Trinajstić information content (AvgIpc) is 2.51. The molecule has 0 fully saturated rings. The Morgan fingerprint density at radius 2 is 1.17 bits per heavy atom. The van der Waals surface area contributed by atoms with E-state index in [4.69, 9.17) is 13.9 Å². The van der Waals surface area contributed by atoms with Gasteiger partial charge in [0.15, 0.2) is 8.32 Å². The summed E-state index contributed by atoms with van der Waals surface area (Å²) in [6.07, 6.45) is 13.3. The SMILES string of the molecule is CCO[Si](C)(C)CCCCCCCCCCCOCCCOC. The highest BCUT2D eigenvalue weighted by atomic mass is 28.4. The molecule has 0 N–H and O–H groups in total. The molecule has 3 nitrogen and oxygen atoms in total. The van der Waals surface area contributed by atoms with E-state index in [2.05, 4.69) is 20.0 Å². The lowest BCUT2D eigenvalue weighted by molar-refractivity contribution is 0.100. The van der Waals surface area contributed by atoms with Gasteiger partial charge in [0.1, 0.15) is 0 Å². The third-order valence-electron chi connectivity index (χ3n) is 4.24. The van der Waals surface area contributed by atoms with Crippen LogP contribution in [0.1, 0.15) is 71.1 Å². The fourth-order valence-corrected chi connectivity index (χ4v) is 4.89. The van der Waals surface area contributed by atoms with Gasteiger partial charge in [-0.1, -0.05) is 51.4 Å². The third kappa shape index (κ3) is 18.3. The minimum Gasteiger partial charge on any atom is -0.418 e. The lowest BCUT2D eigenvalue weighted by atomic mass is 10.1. The first kappa shape index (κ1) is 23.1. The summed E-state index contributed by atoms with van der Waals surface area (Å²) in [4.78, 5) is 0. The zero-order valence-corrected chi connectivity index (χ0v) is 17.3. The highest BCUT2D eigenvalue weighted by molar-refractivity contribution is 6.71. The van der Waals surface area contributed by atoms with Crippen LogP contribution in [0, 0.1) is 0 Å². The molecule has 0 aliphatic rings. The summed E-state index contributed by atoms with van der Waals surface area (Å²) in [5, 5.41) is 0. The Morgan fingerprint density at radius 3 is 1.74 bits per heavy atom. The Morgan fingerprint density at radius 1 is 0.652 bits per heavy atom. The molecule has 0 amide bonds. The van der Waals surface area contributed by atoms with E-state index >= 15 is 0 Å². The Bertz CT molecular complexity index is 235. The van der Waals surface area contributed by atoms with Crippen molar-refractivity contribution < 1.29 is 13.9 Å². The van der Waals surface area contributed by atoms with E-state index < -0.39 is 8.32 Å². The van der Waals surface area contributed by atoms with Crippen LogP contribution in [0.2, 0.25) is 19.1 Å². The molecular formula is C19H42O3Si. The molecule has 0 aromatic rings. The molecule has 0 rings (SSSR count). The predicted molar refractivity (Wildman–Crippen MR) is 103 cm³/mol. The Kier molecular flexibility index (Phi) is 17.0. The molecule has 0 radical (unpaired) electrons. The Hall–Kier alpha value is 0.0969. The Balaban J connectivity index is 3.11. The summed E-state index contributed by atoms with van der Waals surface area (Å²) in [6, 6.07) is 1.32. The summed E-state index contributed by atoms with van der Waals surface area (Å²) in [6.45, 7) is 10.3. The van der Waals surface area contributed by atoms with Crippen LogP contribution in [0.25, 0.3) is 0 Å². The van der Waals surface area contributed by atoms with Crippen molar-refractivity contribution in [2.24, 2.45) is 0 Å². The van der Waals surface area contributed by atoms with Crippen molar-refractivity contribution >= 4 is 8.32 Å². The minimum atomic E-state index is -1.33. The molecule has 0 atom stereocenters. The molecule has 0 bridgehead atoms. The van der Waals surface area contributed by atoms with Crippen molar-refractivity contribution in [3.05, 3.63) is 0 Å². The average molecular weight is 347 g/mol. The fourth-order valence-electron chi connectivity index (χ4n) is 2.86. The molecule has 23 heavy (non-hydrogen) atoms. The van der Waals surface area contributed by atoms with Crippen LogP contribution in [0.3, 0.4) is 0 Å². The molecule has 0 aliphatic carbocycles. The van der Waals surface area contributed by atoms with Gasteiger partial charge in [-0.2, -0.15) is 0 Å². The van der Waals surface area contributed by atoms with Crippen molar-refractivity contribution in [2.75, 3.05) is 33.5 Å². The molecule has 0 aromatic carbocycles. The summed E-state index contributed by atoms with van der Waals surface area (Å²) in [5.74, 6) is 0. The van der Waals surface area contributed by atoms with Gasteiger partial charge in [0, 0.05) is 33.5 Å². The van der Waals surface area contributed by atoms with Crippen LogP contribution in [0.4, 0.5) is 0 Å². The van der Waals surface area contributed by atoms with Gasteiger partial charge in [-0.3, -0.25) is 0 Å². The first-order chi connectivity index (χ1) is 11.1. The van der Waals surface area contributed by atoms with E-state index in [1.165, 1.54) is 63.8 Å². The molecule has 0 saturated heterocycles. The number of hydrogen-bond acceptors (Lipinski definition) is 3. The number of rotatable bonds is 18. The minimum absolute atomic E-state index is 0.811. The smallest absolute Gasteiger partial charge is 0.186 e.